The van der Waals surface area contributed by atoms with E-state index >= 15 is 0 Å². The molecule has 0 bridgehead atoms. The van der Waals surface area contributed by atoms with Gasteiger partial charge in [-0.15, -0.1) is 21.5 Å². The van der Waals surface area contributed by atoms with Crippen LogP contribution in [0.4, 0.5) is 0 Å². The zero-order valence-corrected chi connectivity index (χ0v) is 15.5. The SMILES string of the molecule is CCn1c(Sc2nc3ccccc3s2)nnc1-c1ccccc1OC. The van der Waals surface area contributed by atoms with Crippen LogP contribution in [0.2, 0.25) is 0 Å². The summed E-state index contributed by atoms with van der Waals surface area (Å²) in [5.41, 5.74) is 1.96. The van der Waals surface area contributed by atoms with Crippen LogP contribution in [0.1, 0.15) is 6.92 Å². The molecule has 126 valence electrons. The van der Waals surface area contributed by atoms with E-state index in [2.05, 4.69) is 32.7 Å². The third-order valence-electron chi connectivity index (χ3n) is 3.83. The van der Waals surface area contributed by atoms with E-state index in [1.54, 1.807) is 30.2 Å². The Kier molecular flexibility index (Phi) is 4.42. The third-order valence-corrected chi connectivity index (χ3v) is 5.92. The zero-order valence-electron chi connectivity index (χ0n) is 13.8. The Morgan fingerprint density at radius 1 is 1.08 bits per heavy atom. The van der Waals surface area contributed by atoms with E-state index < -0.39 is 0 Å². The Morgan fingerprint density at radius 3 is 2.68 bits per heavy atom. The van der Waals surface area contributed by atoms with Gasteiger partial charge in [0.1, 0.15) is 5.75 Å². The predicted molar refractivity (Wildman–Crippen MR) is 101 cm³/mol. The predicted octanol–water partition coefficient (Wildman–Crippen LogP) is 4.73. The summed E-state index contributed by atoms with van der Waals surface area (Å²) >= 11 is 3.22. The second-order valence-corrected chi connectivity index (χ2v) is 7.55. The summed E-state index contributed by atoms with van der Waals surface area (Å²) in [5.74, 6) is 1.60. The highest BCUT2D eigenvalue weighted by atomic mass is 32.2. The van der Waals surface area contributed by atoms with Crippen molar-refractivity contribution >= 4 is 33.3 Å². The number of aromatic nitrogens is 4. The molecule has 0 spiro atoms. The van der Waals surface area contributed by atoms with Gasteiger partial charge in [-0.3, -0.25) is 0 Å². The molecule has 0 aliphatic rings. The van der Waals surface area contributed by atoms with Crippen molar-refractivity contribution in [3.8, 4) is 17.1 Å². The molecule has 2 heterocycles. The van der Waals surface area contributed by atoms with Crippen LogP contribution in [0.3, 0.4) is 0 Å². The molecular weight excluding hydrogens is 352 g/mol. The molecule has 0 unspecified atom stereocenters. The lowest BCUT2D eigenvalue weighted by Crippen LogP contribution is -2.00. The molecule has 2 aromatic heterocycles. The molecule has 4 aromatic rings. The Hall–Kier alpha value is -2.38. The fourth-order valence-electron chi connectivity index (χ4n) is 2.65. The molecule has 7 heteroatoms. The summed E-state index contributed by atoms with van der Waals surface area (Å²) in [5, 5.41) is 9.63. The van der Waals surface area contributed by atoms with Gasteiger partial charge in [-0.05, 0) is 43.0 Å². The summed E-state index contributed by atoms with van der Waals surface area (Å²) in [7, 11) is 1.67. The molecule has 0 amide bonds. The molecule has 0 atom stereocenters. The van der Waals surface area contributed by atoms with Crippen LogP contribution in [-0.2, 0) is 6.54 Å². The molecule has 4 rings (SSSR count). The summed E-state index contributed by atoms with van der Waals surface area (Å²) < 4.78 is 9.71. The molecule has 0 aliphatic heterocycles. The van der Waals surface area contributed by atoms with Crippen molar-refractivity contribution in [3.63, 3.8) is 0 Å². The minimum atomic E-state index is 0.771. The van der Waals surface area contributed by atoms with Crippen molar-refractivity contribution in [1.29, 1.82) is 0 Å². The molecule has 5 nitrogen and oxygen atoms in total. The van der Waals surface area contributed by atoms with E-state index in [-0.39, 0.29) is 0 Å². The first kappa shape index (κ1) is 16.1. The summed E-state index contributed by atoms with van der Waals surface area (Å²) in [4.78, 5) is 4.67. The van der Waals surface area contributed by atoms with E-state index in [0.717, 1.165) is 38.7 Å². The number of rotatable bonds is 5. The Balaban J connectivity index is 1.72. The highest BCUT2D eigenvalue weighted by molar-refractivity contribution is 8.01. The first-order chi connectivity index (χ1) is 12.3. The van der Waals surface area contributed by atoms with E-state index in [9.17, 15) is 0 Å². The minimum Gasteiger partial charge on any atom is -0.496 e. The van der Waals surface area contributed by atoms with Gasteiger partial charge in [0.05, 0.1) is 22.9 Å². The first-order valence-electron chi connectivity index (χ1n) is 7.90. The second kappa shape index (κ2) is 6.85. The van der Waals surface area contributed by atoms with Gasteiger partial charge in [-0.2, -0.15) is 0 Å². The molecular formula is C18H16N4OS2. The van der Waals surface area contributed by atoms with E-state index in [0.29, 0.717) is 0 Å². The van der Waals surface area contributed by atoms with Gasteiger partial charge in [-0.25, -0.2) is 4.98 Å². The zero-order chi connectivity index (χ0) is 17.2. The van der Waals surface area contributed by atoms with Crippen LogP contribution in [0.25, 0.3) is 21.6 Å². The maximum Gasteiger partial charge on any atom is 0.198 e. The average Bonchev–Trinajstić information content (AvgIpc) is 3.24. The van der Waals surface area contributed by atoms with Gasteiger partial charge >= 0.3 is 0 Å². The number of methoxy groups -OCH3 is 1. The number of thiazole rings is 1. The van der Waals surface area contributed by atoms with Crippen LogP contribution in [-0.4, -0.2) is 26.9 Å². The summed E-state index contributed by atoms with van der Waals surface area (Å²) in [6, 6.07) is 16.0. The van der Waals surface area contributed by atoms with Crippen LogP contribution in [0.15, 0.2) is 58.0 Å². The van der Waals surface area contributed by atoms with Crippen molar-refractivity contribution in [3.05, 3.63) is 48.5 Å². The maximum atomic E-state index is 5.47. The molecule has 0 aliphatic carbocycles. The Labute approximate surface area is 153 Å². The second-order valence-electron chi connectivity index (χ2n) is 5.30. The minimum absolute atomic E-state index is 0.771. The number of nitrogens with zero attached hydrogens (tertiary/aromatic N) is 4. The van der Waals surface area contributed by atoms with Crippen molar-refractivity contribution in [2.75, 3.05) is 7.11 Å². The molecule has 2 aromatic carbocycles. The van der Waals surface area contributed by atoms with Crippen molar-refractivity contribution in [2.24, 2.45) is 0 Å². The van der Waals surface area contributed by atoms with Gasteiger partial charge in [0, 0.05) is 6.54 Å². The fourth-order valence-corrected chi connectivity index (χ4v) is 4.71. The lowest BCUT2D eigenvalue weighted by molar-refractivity contribution is 0.416. The van der Waals surface area contributed by atoms with Gasteiger partial charge in [0.2, 0.25) is 0 Å². The number of hydrogen-bond acceptors (Lipinski definition) is 6. The normalized spacial score (nSPS) is 11.1. The number of hydrogen-bond donors (Lipinski definition) is 0. The molecule has 0 N–H and O–H groups in total. The van der Waals surface area contributed by atoms with E-state index in [1.165, 1.54) is 4.70 Å². The Bertz CT molecular complexity index is 992. The number of para-hydroxylation sites is 2. The number of ether oxygens (including phenoxy) is 1. The smallest absolute Gasteiger partial charge is 0.198 e. The summed E-state index contributed by atoms with van der Waals surface area (Å²) in [6.45, 7) is 2.86. The molecule has 0 saturated carbocycles. The monoisotopic (exact) mass is 368 g/mol. The lowest BCUT2D eigenvalue weighted by atomic mass is 10.2. The quantitative estimate of drug-likeness (QED) is 0.509. The van der Waals surface area contributed by atoms with Crippen LogP contribution >= 0.6 is 23.1 Å². The van der Waals surface area contributed by atoms with Gasteiger partial charge in [-0.1, -0.05) is 24.3 Å². The highest BCUT2D eigenvalue weighted by Crippen LogP contribution is 2.36. The Morgan fingerprint density at radius 2 is 1.88 bits per heavy atom. The van der Waals surface area contributed by atoms with Crippen molar-refractivity contribution in [1.82, 2.24) is 19.7 Å². The number of benzene rings is 2. The highest BCUT2D eigenvalue weighted by Gasteiger charge is 2.18. The van der Waals surface area contributed by atoms with Crippen LogP contribution in [0.5, 0.6) is 5.75 Å². The standard InChI is InChI=1S/C18H16N4OS2/c1-3-22-16(12-8-4-6-10-14(12)23-2)20-21-17(22)25-18-19-13-9-5-7-11-15(13)24-18/h4-11H,3H2,1-2H3. The third kappa shape index (κ3) is 3.01. The fraction of sp³-hybridized carbons (Fsp3) is 0.167. The maximum absolute atomic E-state index is 5.47. The molecule has 0 radical (unpaired) electrons. The van der Waals surface area contributed by atoms with Crippen LogP contribution < -0.4 is 4.74 Å². The first-order valence-corrected chi connectivity index (χ1v) is 9.53. The van der Waals surface area contributed by atoms with E-state index in [4.69, 9.17) is 4.74 Å². The number of fused-ring (bicyclic) bond motifs is 1. The van der Waals surface area contributed by atoms with Gasteiger partial charge in [0.25, 0.3) is 0 Å². The largest absolute Gasteiger partial charge is 0.496 e. The van der Waals surface area contributed by atoms with Crippen molar-refractivity contribution < 1.29 is 4.74 Å². The van der Waals surface area contributed by atoms with Crippen molar-refractivity contribution in [2.45, 2.75) is 23.0 Å². The van der Waals surface area contributed by atoms with Gasteiger partial charge in [0.15, 0.2) is 15.3 Å². The topological polar surface area (TPSA) is 52.8 Å². The molecule has 0 fully saturated rings. The van der Waals surface area contributed by atoms with Gasteiger partial charge < -0.3 is 9.30 Å². The van der Waals surface area contributed by atoms with E-state index in [1.807, 2.05) is 42.5 Å². The molecule has 0 saturated heterocycles. The lowest BCUT2D eigenvalue weighted by Gasteiger charge is -2.09. The summed E-state index contributed by atoms with van der Waals surface area (Å²) in [6.07, 6.45) is 0. The average molecular weight is 368 g/mol. The molecule has 25 heavy (non-hydrogen) atoms. The van der Waals surface area contributed by atoms with Crippen LogP contribution in [0, 0.1) is 0 Å².